The van der Waals surface area contributed by atoms with Crippen LogP contribution in [-0.4, -0.2) is 21.3 Å². The fourth-order valence-electron chi connectivity index (χ4n) is 4.64. The fourth-order valence-corrected chi connectivity index (χ4v) is 4.64. The van der Waals surface area contributed by atoms with E-state index in [4.69, 9.17) is 4.74 Å². The molecule has 5 nitrogen and oxygen atoms in total. The van der Waals surface area contributed by atoms with Gasteiger partial charge in [0.25, 0.3) is 0 Å². The molecular formula is C32H31F3N2O3. The number of hydrogen-bond donors (Lipinski definition) is 0. The van der Waals surface area contributed by atoms with Crippen LogP contribution in [0.3, 0.4) is 0 Å². The predicted octanol–water partition coefficient (Wildman–Crippen LogP) is 7.01. The highest BCUT2D eigenvalue weighted by atomic mass is 19.4. The van der Waals surface area contributed by atoms with Gasteiger partial charge in [0.1, 0.15) is 18.1 Å². The van der Waals surface area contributed by atoms with Crippen molar-refractivity contribution in [2.75, 3.05) is 0 Å². The summed E-state index contributed by atoms with van der Waals surface area (Å²) in [4.78, 5) is 24.6. The molecule has 0 bridgehead atoms. The van der Waals surface area contributed by atoms with Crippen LogP contribution in [0.4, 0.5) is 13.2 Å². The molecule has 208 valence electrons. The van der Waals surface area contributed by atoms with Gasteiger partial charge in [0.15, 0.2) is 5.78 Å². The standard InChI is InChI=1S/C32H31F3N2O3/c1-20-14-28(32(33,34)35)12-13-31(20)40-19-24-8-10-27(11-9-24)30(39)17-29-22(3)36-37(23(29)4)18-26-7-5-6-25(16-26)15-21(2)38/h5-14,16H,15,17-19H2,1-4H3. The number of rotatable bonds is 10. The number of aromatic nitrogens is 2. The Hall–Kier alpha value is -4.20. The summed E-state index contributed by atoms with van der Waals surface area (Å²) in [6.07, 6.45) is -3.79. The zero-order valence-corrected chi connectivity index (χ0v) is 22.9. The van der Waals surface area contributed by atoms with Gasteiger partial charge < -0.3 is 4.74 Å². The highest BCUT2D eigenvalue weighted by Crippen LogP contribution is 2.32. The Morgan fingerprint density at radius 3 is 2.23 bits per heavy atom. The molecule has 0 aliphatic rings. The van der Waals surface area contributed by atoms with Crippen LogP contribution >= 0.6 is 0 Å². The van der Waals surface area contributed by atoms with Crippen LogP contribution in [0.5, 0.6) is 5.75 Å². The number of halogens is 3. The monoisotopic (exact) mass is 548 g/mol. The van der Waals surface area contributed by atoms with Crippen molar-refractivity contribution in [3.05, 3.63) is 117 Å². The maximum absolute atomic E-state index is 13.1. The van der Waals surface area contributed by atoms with E-state index >= 15 is 0 Å². The van der Waals surface area contributed by atoms with Gasteiger partial charge in [0, 0.05) is 29.7 Å². The molecule has 1 aromatic heterocycles. The Morgan fingerprint density at radius 1 is 0.875 bits per heavy atom. The number of nitrogens with zero attached hydrogens (tertiary/aromatic N) is 2. The van der Waals surface area contributed by atoms with E-state index in [9.17, 15) is 22.8 Å². The quantitative estimate of drug-likeness (QED) is 0.200. The molecule has 0 saturated heterocycles. The molecule has 0 radical (unpaired) electrons. The SMILES string of the molecule is CC(=O)Cc1cccc(Cn2nc(C)c(CC(=O)c3ccc(COc4ccc(C(F)(F)F)cc4C)cc3)c2C)c1. The Kier molecular flexibility index (Phi) is 8.57. The summed E-state index contributed by atoms with van der Waals surface area (Å²) in [5, 5.41) is 4.65. The van der Waals surface area contributed by atoms with Crippen molar-refractivity contribution in [1.82, 2.24) is 9.78 Å². The van der Waals surface area contributed by atoms with Gasteiger partial charge in [-0.25, -0.2) is 0 Å². The molecule has 0 unspecified atom stereocenters. The summed E-state index contributed by atoms with van der Waals surface area (Å²) in [6, 6.07) is 18.3. The molecule has 0 amide bonds. The normalized spacial score (nSPS) is 11.5. The van der Waals surface area contributed by atoms with Crippen molar-refractivity contribution in [3.63, 3.8) is 0 Å². The summed E-state index contributed by atoms with van der Waals surface area (Å²) in [5.41, 5.74) is 5.63. The third kappa shape index (κ3) is 7.05. The van der Waals surface area contributed by atoms with E-state index in [1.165, 1.54) is 6.07 Å². The van der Waals surface area contributed by atoms with E-state index in [1.54, 1.807) is 38.1 Å². The smallest absolute Gasteiger partial charge is 0.416 e. The molecule has 1 heterocycles. The van der Waals surface area contributed by atoms with Crippen LogP contribution in [0.2, 0.25) is 0 Å². The summed E-state index contributed by atoms with van der Waals surface area (Å²) >= 11 is 0. The molecule has 0 saturated carbocycles. The Balaban J connectivity index is 1.39. The van der Waals surface area contributed by atoms with E-state index in [2.05, 4.69) is 5.10 Å². The molecule has 8 heteroatoms. The first-order valence-electron chi connectivity index (χ1n) is 12.9. The summed E-state index contributed by atoms with van der Waals surface area (Å²) < 4.78 is 46.3. The second kappa shape index (κ2) is 11.9. The highest BCUT2D eigenvalue weighted by Gasteiger charge is 2.30. The van der Waals surface area contributed by atoms with Gasteiger partial charge in [0.2, 0.25) is 0 Å². The molecule has 40 heavy (non-hydrogen) atoms. The number of alkyl halides is 3. The second-order valence-corrected chi connectivity index (χ2v) is 10.1. The summed E-state index contributed by atoms with van der Waals surface area (Å²) in [7, 11) is 0. The lowest BCUT2D eigenvalue weighted by Crippen LogP contribution is -2.08. The molecule has 0 spiro atoms. The number of ether oxygens (including phenoxy) is 1. The van der Waals surface area contributed by atoms with Crippen LogP contribution in [-0.2, 0) is 37.0 Å². The topological polar surface area (TPSA) is 61.2 Å². The van der Waals surface area contributed by atoms with Crippen LogP contribution in [0.15, 0.2) is 66.7 Å². The summed E-state index contributed by atoms with van der Waals surface area (Å²) in [5.74, 6) is 0.445. The minimum absolute atomic E-state index is 0.0414. The minimum atomic E-state index is -4.40. The molecule has 0 fully saturated rings. The van der Waals surface area contributed by atoms with E-state index in [0.29, 0.717) is 29.8 Å². The first kappa shape index (κ1) is 28.8. The van der Waals surface area contributed by atoms with Crippen LogP contribution in [0, 0.1) is 20.8 Å². The zero-order chi connectivity index (χ0) is 29.0. The number of aryl methyl sites for hydroxylation is 2. The lowest BCUT2D eigenvalue weighted by atomic mass is 10.0. The number of carbonyl (C=O) groups is 2. The molecular weight excluding hydrogens is 517 g/mol. The first-order valence-corrected chi connectivity index (χ1v) is 12.9. The van der Waals surface area contributed by atoms with Crippen molar-refractivity contribution in [2.24, 2.45) is 0 Å². The van der Waals surface area contributed by atoms with Gasteiger partial charge >= 0.3 is 6.18 Å². The zero-order valence-electron chi connectivity index (χ0n) is 22.9. The van der Waals surface area contributed by atoms with Gasteiger partial charge in [-0.05, 0) is 68.1 Å². The van der Waals surface area contributed by atoms with Gasteiger partial charge in [-0.2, -0.15) is 18.3 Å². The van der Waals surface area contributed by atoms with E-state index in [0.717, 1.165) is 45.8 Å². The molecule has 4 rings (SSSR count). The predicted molar refractivity (Wildman–Crippen MR) is 147 cm³/mol. The van der Waals surface area contributed by atoms with Crippen LogP contribution in [0.25, 0.3) is 0 Å². The highest BCUT2D eigenvalue weighted by molar-refractivity contribution is 5.97. The maximum atomic E-state index is 13.1. The Morgan fingerprint density at radius 2 is 1.57 bits per heavy atom. The van der Waals surface area contributed by atoms with Crippen molar-refractivity contribution in [1.29, 1.82) is 0 Å². The van der Waals surface area contributed by atoms with E-state index < -0.39 is 11.7 Å². The van der Waals surface area contributed by atoms with Crippen molar-refractivity contribution in [2.45, 2.75) is 59.9 Å². The largest absolute Gasteiger partial charge is 0.489 e. The fraction of sp³-hybridized carbons (Fsp3) is 0.281. The molecule has 0 atom stereocenters. The van der Waals surface area contributed by atoms with E-state index in [-0.39, 0.29) is 24.6 Å². The molecule has 4 aromatic rings. The van der Waals surface area contributed by atoms with Crippen molar-refractivity contribution in [3.8, 4) is 5.75 Å². The lowest BCUT2D eigenvalue weighted by molar-refractivity contribution is -0.137. The van der Waals surface area contributed by atoms with Gasteiger partial charge in [0.05, 0.1) is 17.8 Å². The average molecular weight is 549 g/mol. The van der Waals surface area contributed by atoms with Gasteiger partial charge in [-0.15, -0.1) is 0 Å². The number of ketones is 2. The maximum Gasteiger partial charge on any atom is 0.416 e. The third-order valence-electron chi connectivity index (χ3n) is 6.82. The number of benzene rings is 3. The molecule has 0 aliphatic heterocycles. The van der Waals surface area contributed by atoms with Gasteiger partial charge in [-0.1, -0.05) is 48.5 Å². The van der Waals surface area contributed by atoms with E-state index in [1.807, 2.05) is 42.8 Å². The lowest BCUT2D eigenvalue weighted by Gasteiger charge is -2.12. The Bertz CT molecular complexity index is 1540. The van der Waals surface area contributed by atoms with Crippen molar-refractivity contribution < 1.29 is 27.5 Å². The summed E-state index contributed by atoms with van der Waals surface area (Å²) in [6.45, 7) is 7.69. The average Bonchev–Trinajstić information content (AvgIpc) is 3.14. The second-order valence-electron chi connectivity index (χ2n) is 10.1. The number of Topliss-reactive ketones (excluding diaryl/α,β-unsaturated/α-hetero) is 2. The molecule has 3 aromatic carbocycles. The Labute approximate surface area is 231 Å². The minimum Gasteiger partial charge on any atom is -0.489 e. The van der Waals surface area contributed by atoms with Crippen LogP contribution in [0.1, 0.15) is 62.1 Å². The number of hydrogen-bond acceptors (Lipinski definition) is 4. The molecule has 0 aliphatic carbocycles. The third-order valence-corrected chi connectivity index (χ3v) is 6.82. The first-order chi connectivity index (χ1) is 18.9. The van der Waals surface area contributed by atoms with Crippen molar-refractivity contribution >= 4 is 11.6 Å². The van der Waals surface area contributed by atoms with Gasteiger partial charge in [-0.3, -0.25) is 14.3 Å². The molecule has 0 N–H and O–H groups in total. The van der Waals surface area contributed by atoms with Crippen LogP contribution < -0.4 is 4.74 Å². The number of carbonyl (C=O) groups excluding carboxylic acids is 2.